The number of hydrogen-bond acceptors (Lipinski definition) is 3. The van der Waals surface area contributed by atoms with Gasteiger partial charge in [-0.05, 0) is 54.4 Å². The lowest BCUT2D eigenvalue weighted by molar-refractivity contribution is 0.147. The molecule has 0 amide bonds. The fourth-order valence-corrected chi connectivity index (χ4v) is 3.93. The van der Waals surface area contributed by atoms with Crippen LogP contribution in [-0.4, -0.2) is 27.3 Å². The second kappa shape index (κ2) is 7.33. The molecule has 5 rings (SSSR count). The Morgan fingerprint density at radius 3 is 2.41 bits per heavy atom. The maximum Gasteiger partial charge on any atom is 0.130 e. The third kappa shape index (κ3) is 3.38. The van der Waals surface area contributed by atoms with E-state index in [0.717, 1.165) is 35.4 Å². The highest BCUT2D eigenvalue weighted by atomic mass is 19.1. The smallest absolute Gasteiger partial charge is 0.130 e. The Bertz CT molecular complexity index is 1130. The zero-order chi connectivity index (χ0) is 19.8. The molecule has 146 valence electrons. The molecule has 29 heavy (non-hydrogen) atoms. The molecule has 0 spiro atoms. The van der Waals surface area contributed by atoms with Crippen LogP contribution in [-0.2, 0) is 13.1 Å². The number of fused-ring (bicyclic) bond motifs is 2. The van der Waals surface area contributed by atoms with Crippen molar-refractivity contribution >= 4 is 10.9 Å². The van der Waals surface area contributed by atoms with Crippen LogP contribution in [0.2, 0.25) is 0 Å². The normalized spacial score (nSPS) is 14.8. The molecule has 1 aromatic heterocycles. The number of benzene rings is 3. The summed E-state index contributed by atoms with van der Waals surface area (Å²) in [5.74, 6) is 0.562. The van der Waals surface area contributed by atoms with Gasteiger partial charge in [-0.3, -0.25) is 4.90 Å². The van der Waals surface area contributed by atoms with Gasteiger partial charge in [0.15, 0.2) is 0 Å². The van der Waals surface area contributed by atoms with E-state index < -0.39 is 0 Å². The van der Waals surface area contributed by atoms with Crippen LogP contribution < -0.4 is 4.74 Å². The van der Waals surface area contributed by atoms with Crippen LogP contribution in [0.3, 0.4) is 0 Å². The fourth-order valence-electron chi connectivity index (χ4n) is 3.93. The van der Waals surface area contributed by atoms with Crippen molar-refractivity contribution in [2.75, 3.05) is 6.61 Å². The van der Waals surface area contributed by atoms with E-state index in [1.165, 1.54) is 23.3 Å². The summed E-state index contributed by atoms with van der Waals surface area (Å²) in [7, 11) is 0. The summed E-state index contributed by atoms with van der Waals surface area (Å²) in [5.41, 5.74) is 4.57. The van der Waals surface area contributed by atoms with Crippen molar-refractivity contribution in [3.05, 3.63) is 89.9 Å². The van der Waals surface area contributed by atoms with Gasteiger partial charge >= 0.3 is 0 Å². The van der Waals surface area contributed by atoms with Gasteiger partial charge in [0.1, 0.15) is 18.2 Å². The van der Waals surface area contributed by atoms with E-state index in [0.29, 0.717) is 12.6 Å². The van der Waals surface area contributed by atoms with Crippen LogP contribution in [0.25, 0.3) is 16.6 Å². The molecule has 1 aliphatic heterocycles. The van der Waals surface area contributed by atoms with Crippen molar-refractivity contribution in [1.29, 1.82) is 0 Å². The van der Waals surface area contributed by atoms with Crippen molar-refractivity contribution in [3.8, 4) is 11.4 Å². The van der Waals surface area contributed by atoms with Crippen LogP contribution in [0.5, 0.6) is 5.75 Å². The van der Waals surface area contributed by atoms with Gasteiger partial charge in [0.25, 0.3) is 0 Å². The molecule has 2 heterocycles. The van der Waals surface area contributed by atoms with E-state index >= 15 is 0 Å². The predicted molar refractivity (Wildman–Crippen MR) is 112 cm³/mol. The monoisotopic (exact) mass is 387 g/mol. The summed E-state index contributed by atoms with van der Waals surface area (Å²) in [4.78, 5) is 2.44. The largest absolute Gasteiger partial charge is 0.491 e. The highest BCUT2D eigenvalue weighted by molar-refractivity contribution is 5.86. The van der Waals surface area contributed by atoms with Crippen molar-refractivity contribution in [3.63, 3.8) is 0 Å². The second-order valence-corrected chi connectivity index (χ2v) is 7.56. The minimum atomic E-state index is -0.257. The van der Waals surface area contributed by atoms with Gasteiger partial charge in [-0.25, -0.2) is 9.07 Å². The molecule has 5 heteroatoms. The van der Waals surface area contributed by atoms with Gasteiger partial charge in [0.2, 0.25) is 0 Å². The SMILES string of the molecule is C[C@@H](COc1cccc2c1cnn2-c1ccc(F)cc1)N1Cc2ccccc2C1. The van der Waals surface area contributed by atoms with Gasteiger partial charge < -0.3 is 4.74 Å². The molecular weight excluding hydrogens is 365 g/mol. The lowest BCUT2D eigenvalue weighted by Crippen LogP contribution is -2.33. The first-order chi connectivity index (χ1) is 14.2. The molecular formula is C24H22FN3O. The molecule has 0 radical (unpaired) electrons. The zero-order valence-electron chi connectivity index (χ0n) is 16.3. The fraction of sp³-hybridized carbons (Fsp3) is 0.208. The molecule has 1 atom stereocenters. The number of nitrogens with zero attached hydrogens (tertiary/aromatic N) is 3. The van der Waals surface area contributed by atoms with Gasteiger partial charge in [-0.15, -0.1) is 0 Å². The molecule has 0 aliphatic carbocycles. The minimum Gasteiger partial charge on any atom is -0.491 e. The van der Waals surface area contributed by atoms with Crippen LogP contribution >= 0.6 is 0 Å². The van der Waals surface area contributed by atoms with Crippen LogP contribution in [0.15, 0.2) is 72.9 Å². The van der Waals surface area contributed by atoms with E-state index in [2.05, 4.69) is 41.2 Å². The third-order valence-corrected chi connectivity index (χ3v) is 5.61. The van der Waals surface area contributed by atoms with E-state index in [-0.39, 0.29) is 5.82 Å². The molecule has 0 fully saturated rings. The lowest BCUT2D eigenvalue weighted by atomic mass is 10.1. The summed E-state index contributed by atoms with van der Waals surface area (Å²) in [5, 5.41) is 5.44. The molecule has 3 aromatic carbocycles. The Morgan fingerprint density at radius 2 is 1.69 bits per heavy atom. The number of aromatic nitrogens is 2. The van der Waals surface area contributed by atoms with Gasteiger partial charge in [0.05, 0.1) is 22.8 Å². The minimum absolute atomic E-state index is 0.257. The van der Waals surface area contributed by atoms with E-state index in [1.54, 1.807) is 12.1 Å². The summed E-state index contributed by atoms with van der Waals surface area (Å²) in [6, 6.07) is 21.2. The van der Waals surface area contributed by atoms with Crippen LogP contribution in [0, 0.1) is 5.82 Å². The van der Waals surface area contributed by atoms with Crippen molar-refractivity contribution in [2.24, 2.45) is 0 Å². The topological polar surface area (TPSA) is 30.3 Å². The molecule has 0 unspecified atom stereocenters. The summed E-state index contributed by atoms with van der Waals surface area (Å²) >= 11 is 0. The number of rotatable bonds is 5. The van der Waals surface area contributed by atoms with E-state index in [9.17, 15) is 4.39 Å². The zero-order valence-corrected chi connectivity index (χ0v) is 16.3. The Hall–Kier alpha value is -3.18. The van der Waals surface area contributed by atoms with Crippen LogP contribution in [0.1, 0.15) is 18.1 Å². The molecule has 4 nitrogen and oxygen atoms in total. The molecule has 0 saturated heterocycles. The van der Waals surface area contributed by atoms with Gasteiger partial charge in [-0.2, -0.15) is 5.10 Å². The maximum absolute atomic E-state index is 13.2. The second-order valence-electron chi connectivity index (χ2n) is 7.56. The first-order valence-corrected chi connectivity index (χ1v) is 9.85. The van der Waals surface area contributed by atoms with Crippen molar-refractivity contribution in [1.82, 2.24) is 14.7 Å². The van der Waals surface area contributed by atoms with E-state index in [1.807, 2.05) is 29.1 Å². The summed E-state index contributed by atoms with van der Waals surface area (Å²) in [6.45, 7) is 4.74. The lowest BCUT2D eigenvalue weighted by Gasteiger charge is -2.24. The summed E-state index contributed by atoms with van der Waals surface area (Å²) in [6.07, 6.45) is 1.81. The van der Waals surface area contributed by atoms with Crippen LogP contribution in [0.4, 0.5) is 4.39 Å². The van der Waals surface area contributed by atoms with Crippen molar-refractivity contribution < 1.29 is 9.13 Å². The Morgan fingerprint density at radius 1 is 0.966 bits per heavy atom. The standard InChI is InChI=1S/C24H22FN3O/c1-17(27-14-18-5-2-3-6-19(18)15-27)16-29-24-8-4-7-23-22(24)13-26-28(23)21-11-9-20(25)10-12-21/h2-13,17H,14-16H2,1H3/t17-/m0/s1. The number of hydrogen-bond donors (Lipinski definition) is 0. The van der Waals surface area contributed by atoms with Gasteiger partial charge in [-0.1, -0.05) is 30.3 Å². The van der Waals surface area contributed by atoms with E-state index in [4.69, 9.17) is 4.74 Å². The first kappa shape index (κ1) is 17.9. The maximum atomic E-state index is 13.2. The quantitative estimate of drug-likeness (QED) is 0.485. The third-order valence-electron chi connectivity index (χ3n) is 5.61. The summed E-state index contributed by atoms with van der Waals surface area (Å²) < 4.78 is 21.3. The van der Waals surface area contributed by atoms with Gasteiger partial charge in [0, 0.05) is 19.1 Å². The average Bonchev–Trinajstić information content (AvgIpc) is 3.37. The highest BCUT2D eigenvalue weighted by Crippen LogP contribution is 2.29. The Kier molecular flexibility index (Phi) is 4.52. The molecule has 0 saturated carbocycles. The molecule has 0 N–H and O–H groups in total. The first-order valence-electron chi connectivity index (χ1n) is 9.85. The highest BCUT2D eigenvalue weighted by Gasteiger charge is 2.23. The molecule has 0 bridgehead atoms. The molecule has 4 aromatic rings. The predicted octanol–water partition coefficient (Wildman–Crippen LogP) is 4.95. The number of halogens is 1. The Labute approximate surface area is 169 Å². The number of ether oxygens (including phenoxy) is 1. The average molecular weight is 387 g/mol. The van der Waals surface area contributed by atoms with Crippen molar-refractivity contribution in [2.45, 2.75) is 26.1 Å². The Balaban J connectivity index is 1.33. The molecule has 1 aliphatic rings.